The Kier molecular flexibility index (Phi) is 8.63. The van der Waals surface area contributed by atoms with Crippen molar-refractivity contribution in [1.82, 2.24) is 20.2 Å². The summed E-state index contributed by atoms with van der Waals surface area (Å²) in [6.07, 6.45) is 6.97. The number of carbonyl (C=O) groups is 1. The standard InChI is InChI=1S/C24H27BFN5O2/c1-27-24(29-11-4-13-31-14-12-28-16-31)30-23(32)20-5-3-6-21(26)19(20)9-7-17-15-18(25)8-10-22(17)33-2/h3,5-6,8,10,12,14-16H,4,7,9,11,13H2,1-2H3,(H2,27,29,30,32). The normalized spacial score (nSPS) is 11.3. The highest BCUT2D eigenvalue weighted by atomic mass is 19.1. The summed E-state index contributed by atoms with van der Waals surface area (Å²) < 4.78 is 22.0. The fraction of sp³-hybridized carbons (Fsp3) is 0.292. The number of aryl methyl sites for hydroxylation is 2. The van der Waals surface area contributed by atoms with Gasteiger partial charge in [-0.3, -0.25) is 15.1 Å². The quantitative estimate of drug-likeness (QED) is 0.228. The third-order valence-corrected chi connectivity index (χ3v) is 5.21. The first-order valence-electron chi connectivity index (χ1n) is 10.7. The molecule has 0 saturated heterocycles. The van der Waals surface area contributed by atoms with Gasteiger partial charge in [0.2, 0.25) is 0 Å². The Balaban J connectivity index is 1.64. The van der Waals surface area contributed by atoms with Crippen molar-refractivity contribution in [3.63, 3.8) is 0 Å². The molecule has 0 spiro atoms. The van der Waals surface area contributed by atoms with Gasteiger partial charge in [-0.15, -0.1) is 0 Å². The van der Waals surface area contributed by atoms with Crippen LogP contribution in [0.4, 0.5) is 4.39 Å². The van der Waals surface area contributed by atoms with Crippen molar-refractivity contribution in [2.75, 3.05) is 20.7 Å². The van der Waals surface area contributed by atoms with E-state index in [1.807, 2.05) is 10.8 Å². The summed E-state index contributed by atoms with van der Waals surface area (Å²) >= 11 is 0. The van der Waals surface area contributed by atoms with Crippen LogP contribution in [0.15, 0.2) is 60.1 Å². The molecule has 2 N–H and O–H groups in total. The topological polar surface area (TPSA) is 80.5 Å². The molecule has 3 rings (SSSR count). The number of imidazole rings is 1. The Hall–Kier alpha value is -3.62. The number of amides is 1. The summed E-state index contributed by atoms with van der Waals surface area (Å²) in [6, 6.07) is 9.81. The number of carbonyl (C=O) groups excluding carboxylic acids is 1. The molecule has 7 nitrogen and oxygen atoms in total. The molecule has 3 aromatic rings. The van der Waals surface area contributed by atoms with E-state index < -0.39 is 11.7 Å². The van der Waals surface area contributed by atoms with Crippen LogP contribution in [0, 0.1) is 5.82 Å². The van der Waals surface area contributed by atoms with Gasteiger partial charge >= 0.3 is 0 Å². The number of aliphatic imine (C=N–C) groups is 1. The number of hydrogen-bond donors (Lipinski definition) is 2. The number of ether oxygens (including phenoxy) is 1. The number of nitrogens with one attached hydrogen (secondary N) is 2. The fourth-order valence-electron chi connectivity index (χ4n) is 3.52. The van der Waals surface area contributed by atoms with Crippen LogP contribution in [-0.2, 0) is 19.4 Å². The number of rotatable bonds is 9. The second-order valence-electron chi connectivity index (χ2n) is 7.44. The minimum Gasteiger partial charge on any atom is -0.496 e. The Morgan fingerprint density at radius 2 is 2.12 bits per heavy atom. The molecule has 2 radical (unpaired) electrons. The first-order valence-corrected chi connectivity index (χ1v) is 10.7. The third kappa shape index (κ3) is 6.68. The number of halogens is 1. The van der Waals surface area contributed by atoms with Crippen molar-refractivity contribution in [2.24, 2.45) is 4.99 Å². The highest BCUT2D eigenvalue weighted by Gasteiger charge is 2.17. The molecule has 1 amide bonds. The van der Waals surface area contributed by atoms with E-state index in [0.29, 0.717) is 42.1 Å². The van der Waals surface area contributed by atoms with Crippen LogP contribution in [0.2, 0.25) is 0 Å². The lowest BCUT2D eigenvalue weighted by atomic mass is 9.91. The van der Waals surface area contributed by atoms with Crippen molar-refractivity contribution in [2.45, 2.75) is 25.8 Å². The lowest BCUT2D eigenvalue weighted by Gasteiger charge is -2.15. The van der Waals surface area contributed by atoms with Crippen LogP contribution in [-0.4, -0.2) is 50.0 Å². The zero-order chi connectivity index (χ0) is 23.6. The van der Waals surface area contributed by atoms with Crippen LogP contribution >= 0.6 is 0 Å². The van der Waals surface area contributed by atoms with E-state index in [9.17, 15) is 9.18 Å². The predicted octanol–water partition coefficient (Wildman–Crippen LogP) is 2.01. The average Bonchev–Trinajstić information content (AvgIpc) is 3.33. The van der Waals surface area contributed by atoms with E-state index >= 15 is 0 Å². The Morgan fingerprint density at radius 1 is 1.27 bits per heavy atom. The lowest BCUT2D eigenvalue weighted by Crippen LogP contribution is -2.41. The van der Waals surface area contributed by atoms with Crippen LogP contribution in [0.5, 0.6) is 5.75 Å². The third-order valence-electron chi connectivity index (χ3n) is 5.21. The van der Waals surface area contributed by atoms with E-state index in [2.05, 4.69) is 20.6 Å². The summed E-state index contributed by atoms with van der Waals surface area (Å²) in [6.45, 7) is 1.40. The number of nitrogens with zero attached hydrogens (tertiary/aromatic N) is 3. The van der Waals surface area contributed by atoms with Crippen molar-refractivity contribution in [3.05, 3.63) is 77.6 Å². The van der Waals surface area contributed by atoms with Gasteiger partial charge in [0.15, 0.2) is 5.96 Å². The van der Waals surface area contributed by atoms with Crippen molar-refractivity contribution < 1.29 is 13.9 Å². The monoisotopic (exact) mass is 447 g/mol. The van der Waals surface area contributed by atoms with Gasteiger partial charge in [0, 0.05) is 43.7 Å². The van der Waals surface area contributed by atoms with Crippen LogP contribution in [0.1, 0.15) is 27.9 Å². The van der Waals surface area contributed by atoms with Gasteiger partial charge in [0.25, 0.3) is 5.91 Å². The van der Waals surface area contributed by atoms with Gasteiger partial charge in [-0.1, -0.05) is 23.7 Å². The highest BCUT2D eigenvalue weighted by Crippen LogP contribution is 2.21. The van der Waals surface area contributed by atoms with Gasteiger partial charge in [0.05, 0.1) is 13.4 Å². The molecule has 1 aromatic heterocycles. The van der Waals surface area contributed by atoms with E-state index in [-0.39, 0.29) is 5.56 Å². The maximum absolute atomic E-state index is 14.7. The Labute approximate surface area is 194 Å². The molecule has 0 bridgehead atoms. The number of methoxy groups -OCH3 is 1. The molecular formula is C24H27BFN5O2. The van der Waals surface area contributed by atoms with E-state index in [1.54, 1.807) is 50.9 Å². The smallest absolute Gasteiger partial charge is 0.258 e. The van der Waals surface area contributed by atoms with Crippen LogP contribution in [0.3, 0.4) is 0 Å². The summed E-state index contributed by atoms with van der Waals surface area (Å²) in [5, 5.41) is 5.85. The molecular weight excluding hydrogens is 420 g/mol. The minimum atomic E-state index is -0.436. The van der Waals surface area contributed by atoms with E-state index in [0.717, 1.165) is 18.5 Å². The summed E-state index contributed by atoms with van der Waals surface area (Å²) in [5.74, 6) is 0.144. The lowest BCUT2D eigenvalue weighted by molar-refractivity contribution is 0.0974. The molecule has 0 unspecified atom stereocenters. The predicted molar refractivity (Wildman–Crippen MR) is 128 cm³/mol. The van der Waals surface area contributed by atoms with Gasteiger partial charge in [-0.25, -0.2) is 9.37 Å². The molecule has 170 valence electrons. The molecule has 0 aliphatic carbocycles. The average molecular weight is 447 g/mol. The van der Waals surface area contributed by atoms with Crippen molar-refractivity contribution >= 4 is 25.2 Å². The summed E-state index contributed by atoms with van der Waals surface area (Å²) in [5.41, 5.74) is 2.04. The van der Waals surface area contributed by atoms with Gasteiger partial charge < -0.3 is 14.6 Å². The van der Waals surface area contributed by atoms with E-state index in [1.165, 1.54) is 12.1 Å². The molecule has 0 fully saturated rings. The Morgan fingerprint density at radius 3 is 2.85 bits per heavy atom. The number of guanidine groups is 1. The highest BCUT2D eigenvalue weighted by molar-refractivity contribution is 6.32. The minimum absolute atomic E-state index is 0.263. The second-order valence-corrected chi connectivity index (χ2v) is 7.44. The van der Waals surface area contributed by atoms with Crippen LogP contribution in [0.25, 0.3) is 0 Å². The van der Waals surface area contributed by atoms with Gasteiger partial charge in [0.1, 0.15) is 19.4 Å². The first-order chi connectivity index (χ1) is 16.0. The summed E-state index contributed by atoms with van der Waals surface area (Å²) in [7, 11) is 9.04. The summed E-state index contributed by atoms with van der Waals surface area (Å²) in [4.78, 5) is 21.0. The number of hydrogen-bond acceptors (Lipinski definition) is 4. The maximum atomic E-state index is 14.7. The van der Waals surface area contributed by atoms with Crippen molar-refractivity contribution in [1.29, 1.82) is 0 Å². The second kappa shape index (κ2) is 11.8. The van der Waals surface area contributed by atoms with Gasteiger partial charge in [-0.2, -0.15) is 0 Å². The van der Waals surface area contributed by atoms with Gasteiger partial charge in [-0.05, 0) is 43.0 Å². The number of benzene rings is 2. The zero-order valence-electron chi connectivity index (χ0n) is 18.8. The maximum Gasteiger partial charge on any atom is 0.258 e. The first kappa shape index (κ1) is 24.0. The van der Waals surface area contributed by atoms with Crippen molar-refractivity contribution in [3.8, 4) is 5.75 Å². The molecule has 0 atom stereocenters. The largest absolute Gasteiger partial charge is 0.496 e. The molecule has 9 heteroatoms. The molecule has 0 aliphatic heterocycles. The number of aromatic nitrogens is 2. The fourth-order valence-corrected chi connectivity index (χ4v) is 3.52. The molecule has 0 saturated carbocycles. The molecule has 2 aromatic carbocycles. The molecule has 33 heavy (non-hydrogen) atoms. The zero-order valence-corrected chi connectivity index (χ0v) is 18.8. The Bertz CT molecular complexity index is 1100. The SMILES string of the molecule is [B]c1ccc(OC)c(CCc2c(F)cccc2C(=O)NC(=NC)NCCCn2ccnc2)c1. The molecule has 1 heterocycles. The van der Waals surface area contributed by atoms with E-state index in [4.69, 9.17) is 12.6 Å². The van der Waals surface area contributed by atoms with Crippen LogP contribution < -0.4 is 20.8 Å². The molecule has 0 aliphatic rings.